The van der Waals surface area contributed by atoms with E-state index in [0.29, 0.717) is 11.3 Å². The molecule has 1 saturated carbocycles. The number of rotatable bonds is 6. The Labute approximate surface area is 192 Å². The van der Waals surface area contributed by atoms with Gasteiger partial charge in [-0.05, 0) is 73.0 Å². The zero-order valence-electron chi connectivity index (χ0n) is 19.4. The first-order valence-corrected chi connectivity index (χ1v) is 12.4. The van der Waals surface area contributed by atoms with Gasteiger partial charge in [0.15, 0.2) is 0 Å². The molecule has 0 bridgehead atoms. The van der Waals surface area contributed by atoms with E-state index in [1.54, 1.807) is 0 Å². The number of likely N-dealkylation sites (tertiary alicyclic amines) is 1. The summed E-state index contributed by atoms with van der Waals surface area (Å²) in [5.41, 5.74) is 4.60. The fourth-order valence-electron chi connectivity index (χ4n) is 5.91. The van der Waals surface area contributed by atoms with Gasteiger partial charge in [-0.1, -0.05) is 62.0 Å². The number of nitrogens with zero attached hydrogens (tertiary/aromatic N) is 1. The van der Waals surface area contributed by atoms with Gasteiger partial charge in [-0.25, -0.2) is 0 Å². The van der Waals surface area contributed by atoms with E-state index >= 15 is 0 Å². The molecule has 1 aliphatic carbocycles. The maximum Gasteiger partial charge on any atom is 0.0938 e. The summed E-state index contributed by atoms with van der Waals surface area (Å²) in [5.74, 6) is 2.52. The molecule has 2 heterocycles. The summed E-state index contributed by atoms with van der Waals surface area (Å²) < 4.78 is 0. The van der Waals surface area contributed by atoms with Crippen LogP contribution in [0.2, 0.25) is 0 Å². The normalized spacial score (nSPS) is 24.5. The van der Waals surface area contributed by atoms with Crippen LogP contribution < -0.4 is 5.32 Å². The monoisotopic (exact) mass is 427 g/mol. The molecule has 2 fully saturated rings. The second kappa shape index (κ2) is 9.05. The molecule has 5 rings (SSSR count). The summed E-state index contributed by atoms with van der Waals surface area (Å²) in [6.07, 6.45) is 9.79. The Morgan fingerprint density at radius 3 is 2.44 bits per heavy atom. The molecule has 0 atom stereocenters. The summed E-state index contributed by atoms with van der Waals surface area (Å²) in [4.78, 5) is 5.91. The Morgan fingerprint density at radius 1 is 1.00 bits per heavy atom. The maximum atomic E-state index is 4.39. The van der Waals surface area contributed by atoms with Crippen LogP contribution in [-0.2, 0) is 5.41 Å². The molecule has 1 aromatic heterocycles. The average Bonchev–Trinajstić information content (AvgIpc) is 3.28. The minimum atomic E-state index is 0.346. The Hall–Kier alpha value is -2.68. The van der Waals surface area contributed by atoms with Gasteiger partial charge in [0, 0.05) is 36.7 Å². The van der Waals surface area contributed by atoms with Crippen molar-refractivity contribution < 1.29 is 0 Å². The van der Waals surface area contributed by atoms with Crippen molar-refractivity contribution in [3.8, 4) is 0 Å². The molecule has 3 aromatic rings. The van der Waals surface area contributed by atoms with E-state index in [9.17, 15) is 0 Å². The van der Waals surface area contributed by atoms with Crippen LogP contribution >= 0.6 is 0 Å². The molecular weight excluding hydrogens is 390 g/mol. The molecule has 168 valence electrons. The molecule has 3 heteroatoms. The lowest BCUT2D eigenvalue weighted by molar-refractivity contribution is 0.223. The Kier molecular flexibility index (Phi) is 5.99. The lowest BCUT2D eigenvalue weighted by Gasteiger charge is -2.39. The smallest absolute Gasteiger partial charge is 0.0938 e. The van der Waals surface area contributed by atoms with Crippen molar-refractivity contribution in [1.82, 2.24) is 15.2 Å². The molecule has 2 aliphatic rings. The number of aromatic nitrogens is 1. The van der Waals surface area contributed by atoms with Crippen molar-refractivity contribution in [2.45, 2.75) is 56.8 Å². The number of para-hydroxylation sites is 1. The molecule has 0 unspecified atom stereocenters. The maximum absolute atomic E-state index is 4.39. The molecular formula is C29H37N3. The molecule has 2 aromatic carbocycles. The van der Waals surface area contributed by atoms with E-state index in [1.165, 1.54) is 60.6 Å². The summed E-state index contributed by atoms with van der Waals surface area (Å²) >= 11 is 0. The topological polar surface area (TPSA) is 31.1 Å². The van der Waals surface area contributed by atoms with Crippen LogP contribution in [0.4, 0.5) is 0 Å². The lowest BCUT2D eigenvalue weighted by Crippen LogP contribution is -2.39. The minimum Gasteiger partial charge on any atom is -0.372 e. The largest absolute Gasteiger partial charge is 0.372 e. The van der Waals surface area contributed by atoms with Crippen LogP contribution in [0.5, 0.6) is 0 Å². The second-order valence-electron chi connectivity index (χ2n) is 10.2. The molecule has 1 saturated heterocycles. The van der Waals surface area contributed by atoms with Gasteiger partial charge in [0.1, 0.15) is 0 Å². The quantitative estimate of drug-likeness (QED) is 0.467. The summed E-state index contributed by atoms with van der Waals surface area (Å²) in [6.45, 7) is 10.1. The van der Waals surface area contributed by atoms with Crippen LogP contribution in [0.3, 0.4) is 0 Å². The standard InChI is InChI=1S/C29H37N3/c1-22(30-20-23-12-16-29(2,17-13-23)25-8-4-3-5-9-25)32-18-14-24(15-19-32)27-21-31-28-11-7-6-10-26(27)28/h3-11,21,23-24,30-31H,1,12-20H2,2H3. The van der Waals surface area contributed by atoms with E-state index in [0.717, 1.165) is 31.4 Å². The number of hydrogen-bond donors (Lipinski definition) is 2. The van der Waals surface area contributed by atoms with E-state index in [2.05, 4.69) is 89.5 Å². The summed E-state index contributed by atoms with van der Waals surface area (Å²) in [6, 6.07) is 19.8. The van der Waals surface area contributed by atoms with E-state index < -0.39 is 0 Å². The number of H-pyrrole nitrogens is 1. The Balaban J connectivity index is 1.08. The van der Waals surface area contributed by atoms with Gasteiger partial charge < -0.3 is 15.2 Å². The zero-order valence-corrected chi connectivity index (χ0v) is 19.4. The number of hydrogen-bond acceptors (Lipinski definition) is 2. The van der Waals surface area contributed by atoms with Crippen molar-refractivity contribution in [3.05, 3.63) is 84.3 Å². The Morgan fingerprint density at radius 2 is 1.69 bits per heavy atom. The summed E-state index contributed by atoms with van der Waals surface area (Å²) in [7, 11) is 0. The Bertz CT molecular complexity index is 1030. The van der Waals surface area contributed by atoms with Crippen molar-refractivity contribution in [2.24, 2.45) is 5.92 Å². The van der Waals surface area contributed by atoms with Gasteiger partial charge in [0.2, 0.25) is 0 Å². The van der Waals surface area contributed by atoms with Gasteiger partial charge in [-0.3, -0.25) is 0 Å². The molecule has 0 radical (unpaired) electrons. The highest BCUT2D eigenvalue weighted by Gasteiger charge is 2.32. The van der Waals surface area contributed by atoms with E-state index in [1.807, 2.05) is 0 Å². The fraction of sp³-hybridized carbons (Fsp3) is 0.448. The first kappa shape index (κ1) is 21.2. The van der Waals surface area contributed by atoms with Gasteiger partial charge in [-0.15, -0.1) is 0 Å². The second-order valence-corrected chi connectivity index (χ2v) is 10.2. The number of nitrogens with one attached hydrogen (secondary N) is 2. The van der Waals surface area contributed by atoms with Crippen LogP contribution in [0.25, 0.3) is 10.9 Å². The molecule has 1 aliphatic heterocycles. The third kappa shape index (κ3) is 4.30. The minimum absolute atomic E-state index is 0.346. The molecule has 3 nitrogen and oxygen atoms in total. The van der Waals surface area contributed by atoms with Crippen molar-refractivity contribution >= 4 is 10.9 Å². The summed E-state index contributed by atoms with van der Waals surface area (Å²) in [5, 5.41) is 5.09. The highest BCUT2D eigenvalue weighted by Crippen LogP contribution is 2.41. The molecule has 0 amide bonds. The van der Waals surface area contributed by atoms with Gasteiger partial charge in [0.05, 0.1) is 5.82 Å². The van der Waals surface area contributed by atoms with Gasteiger partial charge >= 0.3 is 0 Å². The van der Waals surface area contributed by atoms with Crippen molar-refractivity contribution in [2.75, 3.05) is 19.6 Å². The van der Waals surface area contributed by atoms with E-state index in [4.69, 9.17) is 0 Å². The third-order valence-corrected chi connectivity index (χ3v) is 8.21. The SMILES string of the molecule is C=C(NCC1CCC(C)(c2ccccc2)CC1)N1CCC(c2c[nH]c3ccccc23)CC1. The molecule has 32 heavy (non-hydrogen) atoms. The number of fused-ring (bicyclic) bond motifs is 1. The number of benzene rings is 2. The highest BCUT2D eigenvalue weighted by molar-refractivity contribution is 5.83. The van der Waals surface area contributed by atoms with Gasteiger partial charge in [-0.2, -0.15) is 0 Å². The van der Waals surface area contributed by atoms with Gasteiger partial charge in [0.25, 0.3) is 0 Å². The fourth-order valence-corrected chi connectivity index (χ4v) is 5.91. The zero-order chi connectivity index (χ0) is 22.0. The predicted octanol–water partition coefficient (Wildman–Crippen LogP) is 6.56. The number of piperidine rings is 1. The van der Waals surface area contributed by atoms with Crippen molar-refractivity contribution in [3.63, 3.8) is 0 Å². The average molecular weight is 428 g/mol. The molecule has 2 N–H and O–H groups in total. The third-order valence-electron chi connectivity index (χ3n) is 8.21. The number of aromatic amines is 1. The predicted molar refractivity (Wildman–Crippen MR) is 135 cm³/mol. The van der Waals surface area contributed by atoms with Crippen molar-refractivity contribution in [1.29, 1.82) is 0 Å². The van der Waals surface area contributed by atoms with Crippen LogP contribution in [0, 0.1) is 5.92 Å². The van der Waals surface area contributed by atoms with Crippen LogP contribution in [-0.4, -0.2) is 29.5 Å². The first-order valence-electron chi connectivity index (χ1n) is 12.4. The van der Waals surface area contributed by atoms with Crippen LogP contribution in [0.1, 0.15) is 62.5 Å². The van der Waals surface area contributed by atoms with E-state index in [-0.39, 0.29) is 0 Å². The first-order chi connectivity index (χ1) is 15.6. The lowest BCUT2D eigenvalue weighted by atomic mass is 9.68. The van der Waals surface area contributed by atoms with Crippen LogP contribution in [0.15, 0.2) is 73.2 Å². The highest BCUT2D eigenvalue weighted by atomic mass is 15.2. The molecule has 0 spiro atoms.